The number of ether oxygens (including phenoxy) is 1. The molecule has 0 radical (unpaired) electrons. The highest BCUT2D eigenvalue weighted by Crippen LogP contribution is 2.45. The first kappa shape index (κ1) is 21.8. The van der Waals surface area contributed by atoms with Crippen LogP contribution in [-0.2, 0) is 20.9 Å². The van der Waals surface area contributed by atoms with E-state index in [9.17, 15) is 9.59 Å². The molecule has 164 valence electrons. The van der Waals surface area contributed by atoms with Gasteiger partial charge in [-0.25, -0.2) is 9.79 Å². The number of nitrogens with one attached hydrogen (secondary N) is 1. The van der Waals surface area contributed by atoms with E-state index >= 15 is 0 Å². The van der Waals surface area contributed by atoms with Gasteiger partial charge in [0.15, 0.2) is 5.17 Å². The maximum atomic E-state index is 12.8. The lowest BCUT2D eigenvalue weighted by atomic mass is 9.93. The summed E-state index contributed by atoms with van der Waals surface area (Å²) in [4.78, 5) is 36.3. The maximum absolute atomic E-state index is 12.8. The SMILES string of the molecule is CCC1=C(C(=O)OC)[C@@H](c2ccccc2)N2C(CC(=O)NCc3cccnc3)=CSC2=N1. The van der Waals surface area contributed by atoms with Crippen LogP contribution in [0.4, 0.5) is 0 Å². The van der Waals surface area contributed by atoms with Gasteiger partial charge in [-0.3, -0.25) is 9.78 Å². The average molecular weight is 449 g/mol. The standard InChI is InChI=1S/C24H24N4O3S/c1-3-19-21(23(30)31-2)22(17-9-5-4-6-10-17)28-18(15-32-24(28)27-19)12-20(29)26-14-16-8-7-11-25-13-16/h4-11,13,15,22H,3,12,14H2,1-2H3,(H,26,29)/t22-/m1/s1. The monoisotopic (exact) mass is 448 g/mol. The summed E-state index contributed by atoms with van der Waals surface area (Å²) >= 11 is 1.47. The molecule has 1 aromatic heterocycles. The van der Waals surface area contributed by atoms with Crippen LogP contribution >= 0.6 is 11.8 Å². The van der Waals surface area contributed by atoms with Gasteiger partial charge >= 0.3 is 5.97 Å². The quantitative estimate of drug-likeness (QED) is 0.647. The number of rotatable bonds is 7. The number of hydrogen-bond acceptors (Lipinski definition) is 7. The van der Waals surface area contributed by atoms with Crippen molar-refractivity contribution in [2.24, 2.45) is 4.99 Å². The molecule has 7 nitrogen and oxygen atoms in total. The Morgan fingerprint density at radius 1 is 1.19 bits per heavy atom. The van der Waals surface area contributed by atoms with Crippen LogP contribution in [0.25, 0.3) is 0 Å². The fourth-order valence-corrected chi connectivity index (χ4v) is 4.73. The minimum absolute atomic E-state index is 0.112. The summed E-state index contributed by atoms with van der Waals surface area (Å²) in [7, 11) is 1.38. The highest BCUT2D eigenvalue weighted by Gasteiger charge is 2.41. The molecular weight excluding hydrogens is 424 g/mol. The summed E-state index contributed by atoms with van der Waals surface area (Å²) in [5.41, 5.74) is 3.88. The Bertz CT molecular complexity index is 1100. The van der Waals surface area contributed by atoms with E-state index in [1.54, 1.807) is 12.4 Å². The molecule has 32 heavy (non-hydrogen) atoms. The predicted octanol–water partition coefficient (Wildman–Crippen LogP) is 3.93. The van der Waals surface area contributed by atoms with Crippen LogP contribution in [-0.4, -0.2) is 34.0 Å². The number of hydrogen-bond donors (Lipinski definition) is 1. The number of carbonyl (C=O) groups is 2. The number of aliphatic imine (C=N–C) groups is 1. The lowest BCUT2D eigenvalue weighted by molar-refractivity contribution is -0.136. The van der Waals surface area contributed by atoms with E-state index in [-0.39, 0.29) is 12.3 Å². The molecule has 2 aliphatic heterocycles. The van der Waals surface area contributed by atoms with Crippen LogP contribution in [0.15, 0.2) is 82.2 Å². The third kappa shape index (κ3) is 4.45. The summed E-state index contributed by atoms with van der Waals surface area (Å²) < 4.78 is 5.12. The average Bonchev–Trinajstić information content (AvgIpc) is 3.24. The first-order chi connectivity index (χ1) is 15.6. The molecule has 0 aliphatic carbocycles. The second-order valence-electron chi connectivity index (χ2n) is 7.32. The Kier molecular flexibility index (Phi) is 6.70. The van der Waals surface area contributed by atoms with Gasteiger partial charge in [-0.05, 0) is 29.0 Å². The first-order valence-electron chi connectivity index (χ1n) is 10.4. The Hall–Kier alpha value is -3.39. The van der Waals surface area contributed by atoms with Crippen LogP contribution in [0, 0.1) is 0 Å². The zero-order chi connectivity index (χ0) is 22.5. The number of amides is 1. The van der Waals surface area contributed by atoms with Gasteiger partial charge in [-0.2, -0.15) is 0 Å². The molecule has 0 saturated heterocycles. The van der Waals surface area contributed by atoms with E-state index in [1.807, 2.05) is 59.7 Å². The van der Waals surface area contributed by atoms with Crippen LogP contribution in [0.5, 0.6) is 0 Å². The van der Waals surface area contributed by atoms with E-state index in [0.717, 1.165) is 22.0 Å². The number of amidine groups is 1. The molecule has 2 aromatic rings. The highest BCUT2D eigenvalue weighted by atomic mass is 32.2. The van der Waals surface area contributed by atoms with Gasteiger partial charge < -0.3 is 15.0 Å². The predicted molar refractivity (Wildman–Crippen MR) is 124 cm³/mol. The molecule has 8 heteroatoms. The van der Waals surface area contributed by atoms with Crippen molar-refractivity contribution < 1.29 is 14.3 Å². The van der Waals surface area contributed by atoms with Crippen LogP contribution < -0.4 is 5.32 Å². The Morgan fingerprint density at radius 3 is 2.69 bits per heavy atom. The van der Waals surface area contributed by atoms with Crippen LogP contribution in [0.2, 0.25) is 0 Å². The molecule has 2 aliphatic rings. The lowest BCUT2D eigenvalue weighted by Crippen LogP contribution is -2.38. The molecule has 0 spiro atoms. The number of fused-ring (bicyclic) bond motifs is 1. The van der Waals surface area contributed by atoms with Crippen molar-refractivity contribution in [2.45, 2.75) is 32.4 Å². The summed E-state index contributed by atoms with van der Waals surface area (Å²) in [5, 5.41) is 5.64. The number of thioether (sulfide) groups is 1. The van der Waals surface area contributed by atoms with Crippen molar-refractivity contribution in [3.63, 3.8) is 0 Å². The normalized spacial score (nSPS) is 17.4. The molecule has 1 N–H and O–H groups in total. The third-order valence-corrected chi connectivity index (χ3v) is 6.19. The fraction of sp³-hybridized carbons (Fsp3) is 0.250. The van der Waals surface area contributed by atoms with Crippen LogP contribution in [0.1, 0.15) is 36.9 Å². The third-order valence-electron chi connectivity index (χ3n) is 5.30. The smallest absolute Gasteiger partial charge is 0.338 e. The van der Waals surface area contributed by atoms with Crippen molar-refractivity contribution in [1.29, 1.82) is 0 Å². The zero-order valence-corrected chi connectivity index (χ0v) is 18.8. The number of carbonyl (C=O) groups excluding carboxylic acids is 2. The minimum atomic E-state index is -0.407. The number of pyridine rings is 1. The molecule has 4 rings (SSSR count). The molecule has 1 aromatic carbocycles. The van der Waals surface area contributed by atoms with Crippen molar-refractivity contribution in [2.75, 3.05) is 7.11 Å². The number of nitrogens with zero attached hydrogens (tertiary/aromatic N) is 3. The largest absolute Gasteiger partial charge is 0.466 e. The summed E-state index contributed by atoms with van der Waals surface area (Å²) in [6.45, 7) is 2.38. The van der Waals surface area contributed by atoms with Crippen LogP contribution in [0.3, 0.4) is 0 Å². The molecule has 0 saturated carbocycles. The van der Waals surface area contributed by atoms with Gasteiger partial charge in [0.2, 0.25) is 5.91 Å². The van der Waals surface area contributed by atoms with Crippen molar-refractivity contribution in [1.82, 2.24) is 15.2 Å². The summed E-state index contributed by atoms with van der Waals surface area (Å²) in [5.74, 6) is -0.519. The van der Waals surface area contributed by atoms with Gasteiger partial charge in [0, 0.05) is 24.6 Å². The first-order valence-corrected chi connectivity index (χ1v) is 11.3. The molecule has 1 atom stereocenters. The number of allylic oxidation sites excluding steroid dienone is 1. The Labute approximate surface area is 191 Å². The zero-order valence-electron chi connectivity index (χ0n) is 17.9. The molecule has 1 amide bonds. The van der Waals surface area contributed by atoms with E-state index in [2.05, 4.69) is 10.3 Å². The number of esters is 1. The highest BCUT2D eigenvalue weighted by molar-refractivity contribution is 8.16. The van der Waals surface area contributed by atoms with Gasteiger partial charge in [-0.1, -0.05) is 55.1 Å². The summed E-state index contributed by atoms with van der Waals surface area (Å²) in [6.07, 6.45) is 4.20. The molecule has 0 unspecified atom stereocenters. The number of aromatic nitrogens is 1. The Balaban J connectivity index is 1.61. The number of benzene rings is 1. The second kappa shape index (κ2) is 9.82. The minimum Gasteiger partial charge on any atom is -0.466 e. The van der Waals surface area contributed by atoms with Gasteiger partial charge in [0.1, 0.15) is 0 Å². The summed E-state index contributed by atoms with van der Waals surface area (Å²) in [6, 6.07) is 13.1. The van der Waals surface area contributed by atoms with Crippen molar-refractivity contribution in [3.8, 4) is 0 Å². The number of methoxy groups -OCH3 is 1. The van der Waals surface area contributed by atoms with Gasteiger partial charge in [0.05, 0.1) is 30.8 Å². The van der Waals surface area contributed by atoms with E-state index in [4.69, 9.17) is 9.73 Å². The Morgan fingerprint density at radius 2 is 2.00 bits per heavy atom. The van der Waals surface area contributed by atoms with Crippen molar-refractivity contribution >= 4 is 28.8 Å². The van der Waals surface area contributed by atoms with E-state index < -0.39 is 12.0 Å². The van der Waals surface area contributed by atoms with E-state index in [1.165, 1.54) is 18.9 Å². The molecular formula is C24H24N4O3S. The second-order valence-corrected chi connectivity index (χ2v) is 8.16. The van der Waals surface area contributed by atoms with E-state index in [0.29, 0.717) is 24.2 Å². The lowest BCUT2D eigenvalue weighted by Gasteiger charge is -2.36. The molecule has 0 fully saturated rings. The maximum Gasteiger partial charge on any atom is 0.338 e. The van der Waals surface area contributed by atoms with Gasteiger partial charge in [0.25, 0.3) is 0 Å². The topological polar surface area (TPSA) is 83.9 Å². The van der Waals surface area contributed by atoms with Gasteiger partial charge in [-0.15, -0.1) is 0 Å². The molecule has 0 bridgehead atoms. The fourth-order valence-electron chi connectivity index (χ4n) is 3.79. The van der Waals surface area contributed by atoms with Crippen molar-refractivity contribution in [3.05, 3.63) is 88.4 Å². The molecule has 3 heterocycles.